The summed E-state index contributed by atoms with van der Waals surface area (Å²) in [5.74, 6) is -0.227. The maximum Gasteiger partial charge on any atom is 0.343 e. The van der Waals surface area contributed by atoms with Crippen molar-refractivity contribution in [3.63, 3.8) is 0 Å². The topological polar surface area (TPSA) is 72.9 Å². The molecule has 148 valence electrons. The van der Waals surface area contributed by atoms with Gasteiger partial charge in [0.25, 0.3) is 5.91 Å². The molecular formula is C22H27N3O3. The van der Waals surface area contributed by atoms with Gasteiger partial charge in [-0.05, 0) is 48.1 Å². The lowest BCUT2D eigenvalue weighted by atomic mass is 10.0. The number of hydroxylamine groups is 2. The van der Waals surface area contributed by atoms with Crippen molar-refractivity contribution in [2.75, 3.05) is 26.2 Å². The molecule has 0 saturated carbocycles. The molecule has 2 aromatic rings. The van der Waals surface area contributed by atoms with Crippen molar-refractivity contribution >= 4 is 11.9 Å². The van der Waals surface area contributed by atoms with Crippen LogP contribution in [-0.2, 0) is 6.42 Å². The summed E-state index contributed by atoms with van der Waals surface area (Å²) >= 11 is 0. The predicted octanol–water partition coefficient (Wildman–Crippen LogP) is 3.55. The number of carbonyl (C=O) groups is 2. The molecule has 0 aromatic heterocycles. The second kappa shape index (κ2) is 9.37. The van der Waals surface area contributed by atoms with Crippen molar-refractivity contribution in [2.45, 2.75) is 26.2 Å². The third-order valence-electron chi connectivity index (χ3n) is 5.05. The molecule has 3 rings (SSSR count). The van der Waals surface area contributed by atoms with Crippen LogP contribution in [0.15, 0.2) is 48.5 Å². The molecule has 0 atom stereocenters. The second-order valence-corrected chi connectivity index (χ2v) is 6.98. The maximum atomic E-state index is 12.3. The van der Waals surface area contributed by atoms with Gasteiger partial charge in [-0.25, -0.2) is 9.86 Å². The fraction of sp³-hybridized carbons (Fsp3) is 0.364. The van der Waals surface area contributed by atoms with E-state index in [1.165, 1.54) is 5.56 Å². The fourth-order valence-electron chi connectivity index (χ4n) is 3.29. The van der Waals surface area contributed by atoms with Crippen molar-refractivity contribution in [2.24, 2.45) is 0 Å². The molecule has 0 bridgehead atoms. The Morgan fingerprint density at radius 1 is 1.00 bits per heavy atom. The van der Waals surface area contributed by atoms with Gasteiger partial charge < -0.3 is 10.2 Å². The van der Waals surface area contributed by atoms with E-state index in [9.17, 15) is 14.8 Å². The van der Waals surface area contributed by atoms with Crippen molar-refractivity contribution in [3.8, 4) is 11.1 Å². The van der Waals surface area contributed by atoms with Gasteiger partial charge in [0.15, 0.2) is 0 Å². The molecule has 2 N–H and O–H groups in total. The molecule has 28 heavy (non-hydrogen) atoms. The highest BCUT2D eigenvalue weighted by Crippen LogP contribution is 2.20. The average Bonchev–Trinajstić information content (AvgIpc) is 3.28. The maximum absolute atomic E-state index is 12.3. The highest BCUT2D eigenvalue weighted by atomic mass is 16.5. The van der Waals surface area contributed by atoms with E-state index in [1.807, 2.05) is 12.1 Å². The minimum absolute atomic E-state index is 0.0585. The molecule has 1 saturated heterocycles. The third-order valence-corrected chi connectivity index (χ3v) is 5.05. The van der Waals surface area contributed by atoms with E-state index < -0.39 is 6.03 Å². The lowest BCUT2D eigenvalue weighted by Crippen LogP contribution is -2.43. The first kappa shape index (κ1) is 19.9. The summed E-state index contributed by atoms with van der Waals surface area (Å²) in [5, 5.41) is 13.3. The van der Waals surface area contributed by atoms with Crippen LogP contribution >= 0.6 is 0 Å². The van der Waals surface area contributed by atoms with Gasteiger partial charge in [0.1, 0.15) is 0 Å². The lowest BCUT2D eigenvalue weighted by Gasteiger charge is -2.22. The number of aryl methyl sites for hydroxylation is 1. The Morgan fingerprint density at radius 3 is 2.14 bits per heavy atom. The van der Waals surface area contributed by atoms with E-state index in [0.717, 1.165) is 30.4 Å². The van der Waals surface area contributed by atoms with Crippen LogP contribution in [0, 0.1) is 0 Å². The first-order valence-corrected chi connectivity index (χ1v) is 9.81. The lowest BCUT2D eigenvalue weighted by molar-refractivity contribution is -0.0532. The van der Waals surface area contributed by atoms with Crippen molar-refractivity contribution in [3.05, 3.63) is 59.7 Å². The zero-order valence-corrected chi connectivity index (χ0v) is 16.2. The second-order valence-electron chi connectivity index (χ2n) is 6.98. The molecule has 1 fully saturated rings. The standard InChI is InChI=1S/C22H27N3O3/c1-2-17-5-7-18(8-6-17)19-9-11-20(12-10-19)21(26)23-13-16-25(28)22(27)24-14-3-4-15-24/h5-12,28H,2-4,13-16H2,1H3,(H,23,26). The van der Waals surface area contributed by atoms with E-state index in [2.05, 4.69) is 36.5 Å². The van der Waals surface area contributed by atoms with Crippen molar-refractivity contribution in [1.82, 2.24) is 15.3 Å². The quantitative estimate of drug-likeness (QED) is 0.594. The number of nitrogens with one attached hydrogen (secondary N) is 1. The molecular weight excluding hydrogens is 354 g/mol. The van der Waals surface area contributed by atoms with E-state index in [-0.39, 0.29) is 19.0 Å². The Kier molecular flexibility index (Phi) is 6.66. The zero-order chi connectivity index (χ0) is 19.9. The summed E-state index contributed by atoms with van der Waals surface area (Å²) in [6, 6.07) is 15.4. The molecule has 3 amide bonds. The van der Waals surface area contributed by atoms with Crippen molar-refractivity contribution < 1.29 is 14.8 Å². The van der Waals surface area contributed by atoms with Crippen LogP contribution in [0.5, 0.6) is 0 Å². The van der Waals surface area contributed by atoms with Gasteiger partial charge in [-0.3, -0.25) is 10.0 Å². The molecule has 0 aliphatic carbocycles. The summed E-state index contributed by atoms with van der Waals surface area (Å²) in [6.07, 6.45) is 2.94. The zero-order valence-electron chi connectivity index (χ0n) is 16.2. The van der Waals surface area contributed by atoms with Crippen LogP contribution in [0.1, 0.15) is 35.7 Å². The Morgan fingerprint density at radius 2 is 1.57 bits per heavy atom. The number of carbonyl (C=O) groups excluding carboxylic acids is 2. The number of rotatable bonds is 6. The van der Waals surface area contributed by atoms with Gasteiger partial charge in [0.05, 0.1) is 6.54 Å². The summed E-state index contributed by atoms with van der Waals surface area (Å²) in [6.45, 7) is 3.73. The normalized spacial score (nSPS) is 13.4. The minimum atomic E-state index is -0.398. The average molecular weight is 381 g/mol. The number of urea groups is 1. The third kappa shape index (κ3) is 4.89. The first-order chi connectivity index (χ1) is 13.6. The number of amides is 3. The highest BCUT2D eigenvalue weighted by molar-refractivity contribution is 5.94. The molecule has 0 radical (unpaired) electrons. The Balaban J connectivity index is 1.49. The largest absolute Gasteiger partial charge is 0.350 e. The smallest absolute Gasteiger partial charge is 0.343 e. The number of hydrogen-bond donors (Lipinski definition) is 2. The van der Waals surface area contributed by atoms with E-state index in [0.29, 0.717) is 23.7 Å². The Hall–Kier alpha value is -2.86. The number of nitrogens with zero attached hydrogens (tertiary/aromatic N) is 2. The molecule has 6 heteroatoms. The van der Waals surface area contributed by atoms with Gasteiger partial charge in [0.2, 0.25) is 0 Å². The number of hydrogen-bond acceptors (Lipinski definition) is 3. The Labute approximate surface area is 165 Å². The molecule has 1 heterocycles. The van der Waals surface area contributed by atoms with Gasteiger partial charge in [-0.2, -0.15) is 0 Å². The fourth-order valence-corrected chi connectivity index (χ4v) is 3.29. The molecule has 1 aliphatic heterocycles. The first-order valence-electron chi connectivity index (χ1n) is 9.81. The molecule has 0 unspecified atom stereocenters. The van der Waals surface area contributed by atoms with Crippen LogP contribution in [0.4, 0.5) is 4.79 Å². The summed E-state index contributed by atoms with van der Waals surface area (Å²) in [4.78, 5) is 25.9. The molecule has 0 spiro atoms. The number of benzene rings is 2. The van der Waals surface area contributed by atoms with Gasteiger partial charge in [-0.15, -0.1) is 0 Å². The van der Waals surface area contributed by atoms with E-state index >= 15 is 0 Å². The van der Waals surface area contributed by atoms with Crippen molar-refractivity contribution in [1.29, 1.82) is 0 Å². The Bertz CT molecular complexity index is 797. The highest BCUT2D eigenvalue weighted by Gasteiger charge is 2.22. The monoisotopic (exact) mass is 381 g/mol. The van der Waals surface area contributed by atoms with E-state index in [4.69, 9.17) is 0 Å². The van der Waals surface area contributed by atoms with Crippen LogP contribution in [0.3, 0.4) is 0 Å². The van der Waals surface area contributed by atoms with Crippen LogP contribution in [0.2, 0.25) is 0 Å². The SMILES string of the molecule is CCc1ccc(-c2ccc(C(=O)NCCN(O)C(=O)N3CCCC3)cc2)cc1. The van der Waals surface area contributed by atoms with Crippen LogP contribution in [-0.4, -0.2) is 53.3 Å². The predicted molar refractivity (Wildman–Crippen MR) is 108 cm³/mol. The van der Waals surface area contributed by atoms with Gasteiger partial charge >= 0.3 is 6.03 Å². The summed E-state index contributed by atoms with van der Waals surface area (Å²) in [5.41, 5.74) is 4.00. The summed E-state index contributed by atoms with van der Waals surface area (Å²) in [7, 11) is 0. The van der Waals surface area contributed by atoms with Gasteiger partial charge in [0, 0.05) is 25.2 Å². The van der Waals surface area contributed by atoms with Crippen LogP contribution < -0.4 is 5.32 Å². The van der Waals surface area contributed by atoms with Gasteiger partial charge in [-0.1, -0.05) is 43.3 Å². The van der Waals surface area contributed by atoms with E-state index in [1.54, 1.807) is 17.0 Å². The molecule has 1 aliphatic rings. The molecule has 6 nitrogen and oxygen atoms in total. The van der Waals surface area contributed by atoms with Crippen LogP contribution in [0.25, 0.3) is 11.1 Å². The molecule has 2 aromatic carbocycles. The summed E-state index contributed by atoms with van der Waals surface area (Å²) < 4.78 is 0. The number of likely N-dealkylation sites (tertiary alicyclic amines) is 1. The minimum Gasteiger partial charge on any atom is -0.350 e.